The predicted molar refractivity (Wildman–Crippen MR) is 99.9 cm³/mol. The van der Waals surface area contributed by atoms with Gasteiger partial charge in [-0.15, -0.1) is 0 Å². The summed E-state index contributed by atoms with van der Waals surface area (Å²) in [7, 11) is 0. The first-order valence-electron chi connectivity index (χ1n) is 9.36. The van der Waals surface area contributed by atoms with Gasteiger partial charge in [0.25, 0.3) is 0 Å². The number of nitrogens with zero attached hydrogens (tertiary/aromatic N) is 2. The fourth-order valence-electron chi connectivity index (χ4n) is 3.62. The first-order chi connectivity index (χ1) is 11.5. The van der Waals surface area contributed by atoms with Crippen molar-refractivity contribution in [2.24, 2.45) is 5.92 Å². The van der Waals surface area contributed by atoms with Crippen LogP contribution in [0, 0.1) is 5.92 Å². The van der Waals surface area contributed by atoms with Crippen LogP contribution < -0.4 is 5.32 Å². The van der Waals surface area contributed by atoms with E-state index in [1.807, 2.05) is 32.0 Å². The lowest BCUT2D eigenvalue weighted by Gasteiger charge is -2.29. The molecule has 1 heterocycles. The van der Waals surface area contributed by atoms with Gasteiger partial charge in [0.15, 0.2) is 0 Å². The monoisotopic (exact) mass is 331 g/mol. The van der Waals surface area contributed by atoms with E-state index in [0.29, 0.717) is 5.92 Å². The van der Waals surface area contributed by atoms with Crippen LogP contribution >= 0.6 is 0 Å². The molecule has 2 rings (SSSR count). The third kappa shape index (κ3) is 5.05. The van der Waals surface area contributed by atoms with Crippen LogP contribution in [0.25, 0.3) is 0 Å². The van der Waals surface area contributed by atoms with Gasteiger partial charge in [-0.25, -0.2) is 0 Å². The summed E-state index contributed by atoms with van der Waals surface area (Å²) >= 11 is 0. The molecule has 1 aliphatic rings. The van der Waals surface area contributed by atoms with Crippen LogP contribution in [-0.4, -0.2) is 54.5 Å². The third-order valence-corrected chi connectivity index (χ3v) is 4.89. The van der Waals surface area contributed by atoms with Gasteiger partial charge in [-0.05, 0) is 51.4 Å². The predicted octanol–water partition coefficient (Wildman–Crippen LogP) is 2.92. The first kappa shape index (κ1) is 18.9. The Balaban J connectivity index is 2.09. The number of likely N-dealkylation sites (tertiary alicyclic amines) is 1. The van der Waals surface area contributed by atoms with Crippen molar-refractivity contribution in [1.82, 2.24) is 15.1 Å². The van der Waals surface area contributed by atoms with E-state index in [0.717, 1.165) is 38.3 Å². The molecule has 4 nitrogen and oxygen atoms in total. The van der Waals surface area contributed by atoms with Gasteiger partial charge < -0.3 is 10.2 Å². The van der Waals surface area contributed by atoms with Crippen molar-refractivity contribution in [3.05, 3.63) is 35.9 Å². The smallest absolute Gasteiger partial charge is 0.242 e. The number of rotatable bonds is 8. The van der Waals surface area contributed by atoms with Crippen molar-refractivity contribution in [2.75, 3.05) is 32.7 Å². The lowest BCUT2D eigenvalue weighted by atomic mass is 10.0. The highest BCUT2D eigenvalue weighted by molar-refractivity contribution is 5.83. The van der Waals surface area contributed by atoms with Crippen LogP contribution in [0.3, 0.4) is 0 Å². The zero-order valence-electron chi connectivity index (χ0n) is 15.7. The summed E-state index contributed by atoms with van der Waals surface area (Å²) in [6.45, 7) is 13.8. The summed E-state index contributed by atoms with van der Waals surface area (Å²) in [5, 5.41) is 3.11. The highest BCUT2D eigenvalue weighted by atomic mass is 16.2. The minimum atomic E-state index is -0.171. The van der Waals surface area contributed by atoms with E-state index >= 15 is 0 Å². The molecule has 4 heteroatoms. The molecule has 1 N–H and O–H groups in total. The summed E-state index contributed by atoms with van der Waals surface area (Å²) in [6.07, 6.45) is 1.18. The van der Waals surface area contributed by atoms with E-state index < -0.39 is 0 Å². The molecule has 2 unspecified atom stereocenters. The number of hydrogen-bond acceptors (Lipinski definition) is 3. The fraction of sp³-hybridized carbons (Fsp3) is 0.650. The molecule has 24 heavy (non-hydrogen) atoms. The molecule has 0 bridgehead atoms. The zero-order chi connectivity index (χ0) is 17.5. The molecule has 0 aromatic heterocycles. The Morgan fingerprint density at radius 2 is 1.92 bits per heavy atom. The second kappa shape index (κ2) is 9.19. The molecule has 1 amide bonds. The Bertz CT molecular complexity index is 499. The Kier molecular flexibility index (Phi) is 7.25. The topological polar surface area (TPSA) is 35.6 Å². The van der Waals surface area contributed by atoms with Crippen molar-refractivity contribution >= 4 is 5.91 Å². The summed E-state index contributed by atoms with van der Waals surface area (Å²) in [6, 6.07) is 10.2. The van der Waals surface area contributed by atoms with E-state index in [2.05, 4.69) is 41.1 Å². The average Bonchev–Trinajstić information content (AvgIpc) is 3.01. The molecule has 1 aliphatic heterocycles. The lowest BCUT2D eigenvalue weighted by molar-refractivity contribution is -0.126. The van der Waals surface area contributed by atoms with Crippen molar-refractivity contribution < 1.29 is 4.79 Å². The van der Waals surface area contributed by atoms with Crippen LogP contribution in [-0.2, 0) is 4.79 Å². The maximum atomic E-state index is 12.8. The normalized spacial score (nSPS) is 19.8. The van der Waals surface area contributed by atoms with E-state index in [-0.39, 0.29) is 18.0 Å². The summed E-state index contributed by atoms with van der Waals surface area (Å²) in [5.74, 6) is 0.780. The Morgan fingerprint density at radius 1 is 1.25 bits per heavy atom. The van der Waals surface area contributed by atoms with Gasteiger partial charge in [0, 0.05) is 19.1 Å². The van der Waals surface area contributed by atoms with Crippen molar-refractivity contribution in [3.8, 4) is 0 Å². The maximum Gasteiger partial charge on any atom is 0.242 e. The molecule has 0 aliphatic carbocycles. The SMILES string of the molecule is CCN(CC)CC1CCN(C(C(=O)NC(C)C)c2ccccc2)C1. The lowest BCUT2D eigenvalue weighted by Crippen LogP contribution is -2.42. The van der Waals surface area contributed by atoms with Gasteiger partial charge in [0.2, 0.25) is 5.91 Å². The number of hydrogen-bond donors (Lipinski definition) is 1. The van der Waals surface area contributed by atoms with E-state index in [4.69, 9.17) is 0 Å². The molecule has 0 spiro atoms. The number of carbonyl (C=O) groups is 1. The fourth-order valence-corrected chi connectivity index (χ4v) is 3.62. The first-order valence-corrected chi connectivity index (χ1v) is 9.36. The van der Waals surface area contributed by atoms with Crippen LogP contribution in [0.4, 0.5) is 0 Å². The molecule has 0 radical (unpaired) electrons. The van der Waals surface area contributed by atoms with Crippen LogP contribution in [0.15, 0.2) is 30.3 Å². The molecule has 1 aromatic rings. The minimum absolute atomic E-state index is 0.125. The Hall–Kier alpha value is -1.39. The molecule has 2 atom stereocenters. The van der Waals surface area contributed by atoms with Gasteiger partial charge in [-0.2, -0.15) is 0 Å². The zero-order valence-corrected chi connectivity index (χ0v) is 15.7. The number of nitrogens with one attached hydrogen (secondary N) is 1. The molecular formula is C20H33N3O. The van der Waals surface area contributed by atoms with Crippen LogP contribution in [0.1, 0.15) is 45.7 Å². The van der Waals surface area contributed by atoms with Crippen molar-refractivity contribution in [2.45, 2.75) is 46.2 Å². The average molecular weight is 332 g/mol. The summed E-state index contributed by atoms with van der Waals surface area (Å²) in [4.78, 5) is 17.7. The number of carbonyl (C=O) groups excluding carboxylic acids is 1. The third-order valence-electron chi connectivity index (χ3n) is 4.89. The molecule has 1 aromatic carbocycles. The van der Waals surface area contributed by atoms with Crippen LogP contribution in [0.2, 0.25) is 0 Å². The highest BCUT2D eigenvalue weighted by Gasteiger charge is 2.34. The molecule has 1 fully saturated rings. The maximum absolute atomic E-state index is 12.8. The molecule has 134 valence electrons. The molecule has 0 saturated carbocycles. The van der Waals surface area contributed by atoms with Crippen molar-refractivity contribution in [3.63, 3.8) is 0 Å². The largest absolute Gasteiger partial charge is 0.352 e. The van der Waals surface area contributed by atoms with Gasteiger partial charge in [0.05, 0.1) is 0 Å². The van der Waals surface area contributed by atoms with Gasteiger partial charge >= 0.3 is 0 Å². The van der Waals surface area contributed by atoms with Crippen LogP contribution in [0.5, 0.6) is 0 Å². The van der Waals surface area contributed by atoms with Gasteiger partial charge in [-0.3, -0.25) is 9.69 Å². The molecule has 1 saturated heterocycles. The Labute approximate surface area is 147 Å². The standard InChI is InChI=1S/C20H33N3O/c1-5-22(6-2)14-17-12-13-23(15-17)19(20(24)21-16(3)4)18-10-8-7-9-11-18/h7-11,16-17,19H,5-6,12-15H2,1-4H3,(H,21,24). The second-order valence-electron chi connectivity index (χ2n) is 7.11. The van der Waals surface area contributed by atoms with Gasteiger partial charge in [0.1, 0.15) is 6.04 Å². The second-order valence-corrected chi connectivity index (χ2v) is 7.11. The number of amides is 1. The van der Waals surface area contributed by atoms with E-state index in [9.17, 15) is 4.79 Å². The summed E-state index contributed by atoms with van der Waals surface area (Å²) in [5.41, 5.74) is 1.10. The van der Waals surface area contributed by atoms with Crippen molar-refractivity contribution in [1.29, 1.82) is 0 Å². The highest BCUT2D eigenvalue weighted by Crippen LogP contribution is 2.28. The van der Waals surface area contributed by atoms with E-state index in [1.54, 1.807) is 0 Å². The van der Waals surface area contributed by atoms with Gasteiger partial charge in [-0.1, -0.05) is 44.2 Å². The quantitative estimate of drug-likeness (QED) is 0.795. The van der Waals surface area contributed by atoms with E-state index in [1.165, 1.54) is 6.42 Å². The minimum Gasteiger partial charge on any atom is -0.352 e. The summed E-state index contributed by atoms with van der Waals surface area (Å²) < 4.78 is 0. The number of benzene rings is 1. The molecular weight excluding hydrogens is 298 g/mol. The Morgan fingerprint density at radius 3 is 2.50 bits per heavy atom.